The Hall–Kier alpha value is -1.65. The van der Waals surface area contributed by atoms with Gasteiger partial charge in [0.05, 0.1) is 12.2 Å². The van der Waals surface area contributed by atoms with Gasteiger partial charge < -0.3 is 10.1 Å². The zero-order valence-electron chi connectivity index (χ0n) is 12.8. The number of carbonyl (C=O) groups is 1. The molecule has 0 bridgehead atoms. The number of benzene rings is 2. The molecule has 0 radical (unpaired) electrons. The predicted molar refractivity (Wildman–Crippen MR) is 91.8 cm³/mol. The molecule has 0 heterocycles. The maximum absolute atomic E-state index is 11.8. The molecule has 0 spiro atoms. The van der Waals surface area contributed by atoms with Crippen molar-refractivity contribution in [1.29, 1.82) is 0 Å². The van der Waals surface area contributed by atoms with E-state index in [0.717, 1.165) is 16.6 Å². The van der Waals surface area contributed by atoms with E-state index in [2.05, 4.69) is 40.3 Å². The van der Waals surface area contributed by atoms with Crippen LogP contribution in [0.2, 0.25) is 0 Å². The summed E-state index contributed by atoms with van der Waals surface area (Å²) >= 11 is 3.48. The smallest absolute Gasteiger partial charge is 0.338 e. The molecule has 1 N–H and O–H groups in total. The highest BCUT2D eigenvalue weighted by Crippen LogP contribution is 2.17. The number of nitrogens with one attached hydrogen (secondary N) is 1. The molecule has 4 heteroatoms. The van der Waals surface area contributed by atoms with Gasteiger partial charge in [0.15, 0.2) is 0 Å². The monoisotopic (exact) mass is 361 g/mol. The topological polar surface area (TPSA) is 38.3 Å². The van der Waals surface area contributed by atoms with Gasteiger partial charge in [-0.05, 0) is 49.2 Å². The maximum Gasteiger partial charge on any atom is 0.338 e. The van der Waals surface area contributed by atoms with E-state index >= 15 is 0 Å². The molecule has 2 rings (SSSR count). The second-order valence-corrected chi connectivity index (χ2v) is 5.99. The van der Waals surface area contributed by atoms with Gasteiger partial charge in [-0.15, -0.1) is 0 Å². The molecule has 1 unspecified atom stereocenters. The zero-order chi connectivity index (χ0) is 15.9. The summed E-state index contributed by atoms with van der Waals surface area (Å²) in [7, 11) is 0. The number of rotatable bonds is 6. The number of hydrogen-bond acceptors (Lipinski definition) is 3. The third kappa shape index (κ3) is 4.68. The van der Waals surface area contributed by atoms with E-state index in [0.29, 0.717) is 12.2 Å². The van der Waals surface area contributed by atoms with Crippen LogP contribution in [-0.4, -0.2) is 12.6 Å². The van der Waals surface area contributed by atoms with Crippen LogP contribution in [-0.2, 0) is 11.3 Å². The maximum atomic E-state index is 11.8. The van der Waals surface area contributed by atoms with E-state index in [1.54, 1.807) is 6.07 Å². The van der Waals surface area contributed by atoms with Crippen LogP contribution in [0, 0.1) is 0 Å². The number of esters is 1. The Morgan fingerprint density at radius 1 is 1.23 bits per heavy atom. The van der Waals surface area contributed by atoms with Crippen molar-refractivity contribution in [1.82, 2.24) is 5.32 Å². The van der Waals surface area contributed by atoms with E-state index in [4.69, 9.17) is 4.74 Å². The number of halogens is 1. The molecule has 1 atom stereocenters. The van der Waals surface area contributed by atoms with Gasteiger partial charge in [0.25, 0.3) is 0 Å². The molecule has 0 aliphatic rings. The van der Waals surface area contributed by atoms with Gasteiger partial charge in [0, 0.05) is 17.1 Å². The lowest BCUT2D eigenvalue weighted by Crippen LogP contribution is -2.18. The Morgan fingerprint density at radius 3 is 2.73 bits per heavy atom. The lowest BCUT2D eigenvalue weighted by Gasteiger charge is -2.15. The number of hydrogen-bond donors (Lipinski definition) is 1. The molecule has 116 valence electrons. The fourth-order valence-corrected chi connectivity index (χ4v) is 2.63. The average Bonchev–Trinajstić information content (AvgIpc) is 2.53. The highest BCUT2D eigenvalue weighted by Gasteiger charge is 2.10. The van der Waals surface area contributed by atoms with Gasteiger partial charge in [-0.25, -0.2) is 4.79 Å². The summed E-state index contributed by atoms with van der Waals surface area (Å²) in [5, 5.41) is 3.47. The Kier molecular flexibility index (Phi) is 6.16. The third-order valence-corrected chi connectivity index (χ3v) is 3.89. The molecule has 22 heavy (non-hydrogen) atoms. The molecule has 0 saturated carbocycles. The molecular formula is C18H20BrNO2. The third-order valence-electron chi connectivity index (χ3n) is 3.40. The lowest BCUT2D eigenvalue weighted by molar-refractivity contribution is 0.0526. The van der Waals surface area contributed by atoms with E-state index < -0.39 is 0 Å². The largest absolute Gasteiger partial charge is 0.462 e. The predicted octanol–water partition coefficient (Wildman–Crippen LogP) is 4.48. The minimum atomic E-state index is -0.275. The summed E-state index contributed by atoms with van der Waals surface area (Å²) < 4.78 is 6.11. The van der Waals surface area contributed by atoms with Gasteiger partial charge >= 0.3 is 5.97 Å². The summed E-state index contributed by atoms with van der Waals surface area (Å²) in [5.41, 5.74) is 2.87. The molecule has 0 aromatic heterocycles. The normalized spacial score (nSPS) is 12.0. The molecule has 2 aromatic carbocycles. The fourth-order valence-electron chi connectivity index (χ4n) is 2.19. The molecule has 0 amide bonds. The van der Waals surface area contributed by atoms with Crippen molar-refractivity contribution in [3.8, 4) is 0 Å². The Balaban J connectivity index is 2.01. The van der Waals surface area contributed by atoms with Gasteiger partial charge in [0.2, 0.25) is 0 Å². The van der Waals surface area contributed by atoms with Gasteiger partial charge in [-0.3, -0.25) is 0 Å². The number of carbonyl (C=O) groups excluding carboxylic acids is 1. The Labute approximate surface area is 139 Å². The molecule has 2 aromatic rings. The van der Waals surface area contributed by atoms with Crippen molar-refractivity contribution in [2.45, 2.75) is 26.4 Å². The fraction of sp³-hybridized carbons (Fsp3) is 0.278. The van der Waals surface area contributed by atoms with Crippen LogP contribution in [0.4, 0.5) is 0 Å². The van der Waals surface area contributed by atoms with Crippen molar-refractivity contribution in [2.75, 3.05) is 6.61 Å². The SMILES string of the molecule is CCOC(=O)c1cccc(C(C)NCc2cccc(Br)c2)c1. The van der Waals surface area contributed by atoms with Crippen molar-refractivity contribution in [3.05, 3.63) is 69.7 Å². The van der Waals surface area contributed by atoms with Crippen LogP contribution in [0.5, 0.6) is 0 Å². The average molecular weight is 362 g/mol. The second-order valence-electron chi connectivity index (χ2n) is 5.08. The van der Waals surface area contributed by atoms with E-state index in [9.17, 15) is 4.79 Å². The van der Waals surface area contributed by atoms with Gasteiger partial charge in [-0.1, -0.05) is 40.2 Å². The highest BCUT2D eigenvalue weighted by atomic mass is 79.9. The van der Waals surface area contributed by atoms with E-state index in [-0.39, 0.29) is 12.0 Å². The first-order valence-electron chi connectivity index (χ1n) is 7.35. The van der Waals surface area contributed by atoms with Crippen LogP contribution >= 0.6 is 15.9 Å². The molecule has 0 fully saturated rings. The summed E-state index contributed by atoms with van der Waals surface area (Å²) in [6.07, 6.45) is 0. The quantitative estimate of drug-likeness (QED) is 0.771. The van der Waals surface area contributed by atoms with Crippen molar-refractivity contribution >= 4 is 21.9 Å². The van der Waals surface area contributed by atoms with Crippen LogP contribution in [0.25, 0.3) is 0 Å². The first-order chi connectivity index (χ1) is 10.6. The van der Waals surface area contributed by atoms with E-state index in [1.807, 2.05) is 37.3 Å². The van der Waals surface area contributed by atoms with Crippen molar-refractivity contribution in [2.24, 2.45) is 0 Å². The van der Waals surface area contributed by atoms with Gasteiger partial charge in [0.1, 0.15) is 0 Å². The molecular weight excluding hydrogens is 342 g/mol. The summed E-state index contributed by atoms with van der Waals surface area (Å²) in [6, 6.07) is 15.9. The summed E-state index contributed by atoms with van der Waals surface area (Å²) in [6.45, 7) is 5.05. The van der Waals surface area contributed by atoms with Crippen molar-refractivity contribution < 1.29 is 9.53 Å². The minimum Gasteiger partial charge on any atom is -0.462 e. The lowest BCUT2D eigenvalue weighted by atomic mass is 10.0. The van der Waals surface area contributed by atoms with Crippen LogP contribution in [0.1, 0.15) is 41.4 Å². The first-order valence-corrected chi connectivity index (χ1v) is 8.14. The Morgan fingerprint density at radius 2 is 2.00 bits per heavy atom. The number of ether oxygens (including phenoxy) is 1. The second kappa shape index (κ2) is 8.11. The van der Waals surface area contributed by atoms with Crippen molar-refractivity contribution in [3.63, 3.8) is 0 Å². The molecule has 3 nitrogen and oxygen atoms in total. The Bertz CT molecular complexity index is 642. The molecule has 0 aliphatic heterocycles. The van der Waals surface area contributed by atoms with Crippen LogP contribution < -0.4 is 5.32 Å². The minimum absolute atomic E-state index is 0.147. The van der Waals surface area contributed by atoms with Crippen LogP contribution in [0.3, 0.4) is 0 Å². The highest BCUT2D eigenvalue weighted by molar-refractivity contribution is 9.10. The molecule has 0 aliphatic carbocycles. The first kappa shape index (κ1) is 16.7. The van der Waals surface area contributed by atoms with Crippen LogP contribution in [0.15, 0.2) is 53.0 Å². The van der Waals surface area contributed by atoms with E-state index in [1.165, 1.54) is 5.56 Å². The summed E-state index contributed by atoms with van der Waals surface area (Å²) in [5.74, 6) is -0.275. The molecule has 0 saturated heterocycles. The summed E-state index contributed by atoms with van der Waals surface area (Å²) in [4.78, 5) is 11.8. The zero-order valence-corrected chi connectivity index (χ0v) is 14.4. The standard InChI is InChI=1S/C18H20BrNO2/c1-3-22-18(21)16-8-5-7-15(11-16)13(2)20-12-14-6-4-9-17(19)10-14/h4-11,13,20H,3,12H2,1-2H3. The van der Waals surface area contributed by atoms with Gasteiger partial charge in [-0.2, -0.15) is 0 Å².